The molecule has 0 N–H and O–H groups in total. The van der Waals surface area contributed by atoms with Gasteiger partial charge >= 0.3 is 0 Å². The van der Waals surface area contributed by atoms with E-state index in [0.717, 1.165) is 11.1 Å². The van der Waals surface area contributed by atoms with Crippen molar-refractivity contribution < 1.29 is 14.1 Å². The van der Waals surface area contributed by atoms with Crippen LogP contribution in [-0.4, -0.2) is 34.6 Å². The first-order valence-corrected chi connectivity index (χ1v) is 9.60. The molecule has 0 atom stereocenters. The van der Waals surface area contributed by atoms with Crippen molar-refractivity contribution in [3.8, 4) is 28.6 Å². The van der Waals surface area contributed by atoms with Gasteiger partial charge in [-0.05, 0) is 17.7 Å². The van der Waals surface area contributed by atoms with Crippen LogP contribution in [0.5, 0.6) is 5.75 Å². The van der Waals surface area contributed by atoms with E-state index in [0.29, 0.717) is 29.6 Å². The predicted molar refractivity (Wildman–Crippen MR) is 114 cm³/mol. The standard InChI is InChI=1S/C24H21N3O3/c1-27(16-18-10-4-2-5-11-18)22(28)17-29-21-15-9-8-14-20(21)24-25-23(26-30-24)19-12-6-3-7-13-19/h2-15H,16-17H2,1H3. The first kappa shape index (κ1) is 19.4. The SMILES string of the molecule is CN(Cc1ccccc1)C(=O)COc1ccccc1-c1nc(-c2ccccc2)no1. The topological polar surface area (TPSA) is 68.5 Å². The van der Waals surface area contributed by atoms with Crippen molar-refractivity contribution in [2.24, 2.45) is 0 Å². The van der Waals surface area contributed by atoms with Crippen molar-refractivity contribution in [1.29, 1.82) is 0 Å². The number of aromatic nitrogens is 2. The summed E-state index contributed by atoms with van der Waals surface area (Å²) in [4.78, 5) is 18.6. The summed E-state index contributed by atoms with van der Waals surface area (Å²) in [5.41, 5.74) is 2.57. The molecule has 30 heavy (non-hydrogen) atoms. The van der Waals surface area contributed by atoms with Crippen LogP contribution < -0.4 is 4.74 Å². The van der Waals surface area contributed by atoms with Crippen LogP contribution in [0.2, 0.25) is 0 Å². The van der Waals surface area contributed by atoms with E-state index in [4.69, 9.17) is 9.26 Å². The van der Waals surface area contributed by atoms with Crippen LogP contribution in [0.1, 0.15) is 5.56 Å². The number of benzene rings is 3. The number of likely N-dealkylation sites (N-methyl/N-ethyl adjacent to an activating group) is 1. The fourth-order valence-corrected chi connectivity index (χ4v) is 3.00. The maximum atomic E-state index is 12.5. The molecule has 0 aliphatic rings. The third-order valence-corrected chi connectivity index (χ3v) is 4.61. The molecule has 0 fully saturated rings. The molecule has 0 aliphatic heterocycles. The third-order valence-electron chi connectivity index (χ3n) is 4.61. The van der Waals surface area contributed by atoms with Gasteiger partial charge in [0.25, 0.3) is 11.8 Å². The van der Waals surface area contributed by atoms with Crippen LogP contribution in [0.4, 0.5) is 0 Å². The van der Waals surface area contributed by atoms with Crippen molar-refractivity contribution in [2.45, 2.75) is 6.54 Å². The summed E-state index contributed by atoms with van der Waals surface area (Å²) in [7, 11) is 1.76. The number of hydrogen-bond acceptors (Lipinski definition) is 5. The van der Waals surface area contributed by atoms with E-state index in [2.05, 4.69) is 10.1 Å². The van der Waals surface area contributed by atoms with E-state index in [9.17, 15) is 4.79 Å². The van der Waals surface area contributed by atoms with Gasteiger partial charge in [-0.25, -0.2) is 0 Å². The Morgan fingerprint density at radius 3 is 2.37 bits per heavy atom. The summed E-state index contributed by atoms with van der Waals surface area (Å²) < 4.78 is 11.3. The highest BCUT2D eigenvalue weighted by molar-refractivity contribution is 5.78. The average Bonchev–Trinajstić information content (AvgIpc) is 3.29. The van der Waals surface area contributed by atoms with Gasteiger partial charge in [0.2, 0.25) is 5.82 Å². The number of para-hydroxylation sites is 1. The van der Waals surface area contributed by atoms with Gasteiger partial charge in [-0.15, -0.1) is 0 Å². The lowest BCUT2D eigenvalue weighted by Crippen LogP contribution is -2.31. The Kier molecular flexibility index (Phi) is 5.85. The van der Waals surface area contributed by atoms with Crippen LogP contribution in [-0.2, 0) is 11.3 Å². The summed E-state index contributed by atoms with van der Waals surface area (Å²) in [5.74, 6) is 1.24. The van der Waals surface area contributed by atoms with Crippen molar-refractivity contribution in [2.75, 3.05) is 13.7 Å². The van der Waals surface area contributed by atoms with Crippen molar-refractivity contribution in [3.05, 3.63) is 90.5 Å². The zero-order valence-electron chi connectivity index (χ0n) is 16.6. The molecule has 4 rings (SSSR count). The van der Waals surface area contributed by atoms with Gasteiger partial charge < -0.3 is 14.2 Å². The summed E-state index contributed by atoms with van der Waals surface area (Å²) in [6.45, 7) is 0.439. The fraction of sp³-hybridized carbons (Fsp3) is 0.125. The van der Waals surface area contributed by atoms with Gasteiger partial charge in [0.05, 0.1) is 5.56 Å². The predicted octanol–water partition coefficient (Wildman–Crippen LogP) is 4.44. The molecular weight excluding hydrogens is 378 g/mol. The molecule has 0 aliphatic carbocycles. The second kappa shape index (κ2) is 9.05. The number of ether oxygens (including phenoxy) is 1. The number of hydrogen-bond donors (Lipinski definition) is 0. The van der Waals surface area contributed by atoms with Gasteiger partial charge in [0, 0.05) is 19.2 Å². The van der Waals surface area contributed by atoms with Crippen LogP contribution in [0, 0.1) is 0 Å². The Labute approximate surface area is 174 Å². The third kappa shape index (κ3) is 4.55. The molecule has 0 radical (unpaired) electrons. The maximum absolute atomic E-state index is 12.5. The van der Waals surface area contributed by atoms with Crippen molar-refractivity contribution in [3.63, 3.8) is 0 Å². The quantitative estimate of drug-likeness (QED) is 0.460. The van der Waals surface area contributed by atoms with Gasteiger partial charge in [0.1, 0.15) is 5.75 Å². The molecule has 150 valence electrons. The first-order chi connectivity index (χ1) is 14.7. The lowest BCUT2D eigenvalue weighted by molar-refractivity contribution is -0.132. The van der Waals surface area contributed by atoms with E-state index in [1.165, 1.54) is 0 Å². The Morgan fingerprint density at radius 1 is 0.933 bits per heavy atom. The molecule has 1 amide bonds. The molecule has 4 aromatic rings. The number of amides is 1. The molecule has 6 nitrogen and oxygen atoms in total. The number of rotatable bonds is 7. The lowest BCUT2D eigenvalue weighted by atomic mass is 10.2. The first-order valence-electron chi connectivity index (χ1n) is 9.60. The second-order valence-corrected chi connectivity index (χ2v) is 6.81. The molecule has 0 unspecified atom stereocenters. The van der Waals surface area contributed by atoms with Crippen LogP contribution in [0.3, 0.4) is 0 Å². The maximum Gasteiger partial charge on any atom is 0.262 e. The van der Waals surface area contributed by atoms with Crippen molar-refractivity contribution >= 4 is 5.91 Å². The Bertz CT molecular complexity index is 1110. The monoisotopic (exact) mass is 399 g/mol. The highest BCUT2D eigenvalue weighted by Crippen LogP contribution is 2.30. The Hall–Kier alpha value is -3.93. The van der Waals surface area contributed by atoms with Gasteiger partial charge in [-0.2, -0.15) is 4.98 Å². The molecular formula is C24H21N3O3. The second-order valence-electron chi connectivity index (χ2n) is 6.81. The largest absolute Gasteiger partial charge is 0.483 e. The van der Waals surface area contributed by atoms with E-state index in [-0.39, 0.29) is 12.5 Å². The lowest BCUT2D eigenvalue weighted by Gasteiger charge is -2.18. The zero-order valence-corrected chi connectivity index (χ0v) is 16.6. The Morgan fingerprint density at radius 2 is 1.60 bits per heavy atom. The minimum Gasteiger partial charge on any atom is -0.483 e. The van der Waals surface area contributed by atoms with Crippen molar-refractivity contribution in [1.82, 2.24) is 15.0 Å². The molecule has 1 aromatic heterocycles. The van der Waals surface area contributed by atoms with E-state index >= 15 is 0 Å². The summed E-state index contributed by atoms with van der Waals surface area (Å²) in [6, 6.07) is 26.7. The van der Waals surface area contributed by atoms with E-state index in [1.807, 2.05) is 78.9 Å². The molecule has 0 saturated carbocycles. The van der Waals surface area contributed by atoms with Gasteiger partial charge in [0.15, 0.2) is 6.61 Å². The van der Waals surface area contributed by atoms with Crippen LogP contribution in [0.25, 0.3) is 22.8 Å². The summed E-state index contributed by atoms with van der Waals surface area (Å²) in [6.07, 6.45) is 0. The van der Waals surface area contributed by atoms with E-state index < -0.39 is 0 Å². The number of carbonyl (C=O) groups excluding carboxylic acids is 1. The van der Waals surface area contributed by atoms with Gasteiger partial charge in [-0.1, -0.05) is 78.0 Å². The highest BCUT2D eigenvalue weighted by Gasteiger charge is 2.16. The molecule has 0 saturated heterocycles. The Balaban J connectivity index is 1.45. The van der Waals surface area contributed by atoms with Gasteiger partial charge in [-0.3, -0.25) is 4.79 Å². The molecule has 1 heterocycles. The zero-order chi connectivity index (χ0) is 20.8. The summed E-state index contributed by atoms with van der Waals surface area (Å²) in [5, 5.41) is 4.06. The normalized spacial score (nSPS) is 10.6. The molecule has 0 spiro atoms. The smallest absolute Gasteiger partial charge is 0.262 e. The average molecular weight is 399 g/mol. The molecule has 3 aromatic carbocycles. The molecule has 6 heteroatoms. The fourth-order valence-electron chi connectivity index (χ4n) is 3.00. The van der Waals surface area contributed by atoms with Crippen LogP contribution >= 0.6 is 0 Å². The number of nitrogens with zero attached hydrogens (tertiary/aromatic N) is 3. The minimum absolute atomic E-state index is 0.0833. The van der Waals surface area contributed by atoms with E-state index in [1.54, 1.807) is 18.0 Å². The molecule has 0 bridgehead atoms. The highest BCUT2D eigenvalue weighted by atomic mass is 16.5. The van der Waals surface area contributed by atoms with Crippen LogP contribution in [0.15, 0.2) is 89.5 Å². The summed E-state index contributed by atoms with van der Waals surface area (Å²) >= 11 is 0. The number of carbonyl (C=O) groups is 1. The minimum atomic E-state index is -0.121.